The zero-order valence-corrected chi connectivity index (χ0v) is 28.7. The van der Waals surface area contributed by atoms with Gasteiger partial charge < -0.3 is 24.3 Å². The zero-order valence-electron chi connectivity index (χ0n) is 28.7. The molecule has 0 radical (unpaired) electrons. The summed E-state index contributed by atoms with van der Waals surface area (Å²) in [5.41, 5.74) is 0. The topological polar surface area (TPSA) is 83.1 Å². The fraction of sp³-hybridized carbons (Fsp3) is 0.944. The Labute approximate surface area is 266 Å². The third-order valence-electron chi connectivity index (χ3n) is 7.87. The van der Waals surface area contributed by atoms with Gasteiger partial charge >= 0.3 is 12.1 Å². The smallest absolute Gasteiger partial charge is 0.466 e. The summed E-state index contributed by atoms with van der Waals surface area (Å²) in [6.45, 7) is 10.2. The van der Waals surface area contributed by atoms with E-state index >= 15 is 0 Å². The Morgan fingerprint density at radius 3 is 1.60 bits per heavy atom. The minimum atomic E-state index is -0.536. The first kappa shape index (κ1) is 41.7. The van der Waals surface area contributed by atoms with Crippen LogP contribution in [0.4, 0.5) is 4.79 Å². The van der Waals surface area contributed by atoms with Crippen LogP contribution in [0.2, 0.25) is 0 Å². The fourth-order valence-corrected chi connectivity index (χ4v) is 5.11. The van der Waals surface area contributed by atoms with Gasteiger partial charge in [-0.1, -0.05) is 124 Å². The standard InChI is InChI=1S/C36H71NO6/c1-4-7-10-13-16-20-25-34(26-21-17-14-11-8-5-2)43-36(39)42-33-29-37-28-32-40-30-23-19-22-27-35(38)41-31-24-18-15-12-9-6-3/h34,37H,4-33H2,1-3H3. The molecule has 7 heteroatoms. The van der Waals surface area contributed by atoms with Crippen molar-refractivity contribution < 1.29 is 28.5 Å². The predicted octanol–water partition coefficient (Wildman–Crippen LogP) is 10.1. The molecule has 0 rings (SSSR count). The first-order chi connectivity index (χ1) is 21.1. The SMILES string of the molecule is CCCCCCCCOC(=O)CCCCCOCCNCCOC(=O)OC(CCCCCCCC)CCCCCCCC. The molecule has 256 valence electrons. The van der Waals surface area contributed by atoms with Crippen LogP contribution in [0.3, 0.4) is 0 Å². The second-order valence-corrected chi connectivity index (χ2v) is 12.1. The molecule has 0 aliphatic heterocycles. The molecule has 0 bridgehead atoms. The first-order valence-electron chi connectivity index (χ1n) is 18.4. The molecule has 0 aliphatic rings. The largest absolute Gasteiger partial charge is 0.508 e. The second-order valence-electron chi connectivity index (χ2n) is 12.1. The Hall–Kier alpha value is -1.34. The highest BCUT2D eigenvalue weighted by atomic mass is 16.7. The number of hydrogen-bond acceptors (Lipinski definition) is 7. The monoisotopic (exact) mass is 614 g/mol. The summed E-state index contributed by atoms with van der Waals surface area (Å²) in [7, 11) is 0. The van der Waals surface area contributed by atoms with Crippen molar-refractivity contribution in [2.75, 3.05) is 39.5 Å². The molecule has 0 amide bonds. The Morgan fingerprint density at radius 1 is 0.512 bits per heavy atom. The maximum absolute atomic E-state index is 12.3. The lowest BCUT2D eigenvalue weighted by atomic mass is 10.0. The van der Waals surface area contributed by atoms with Gasteiger partial charge in [0.05, 0.1) is 13.2 Å². The highest BCUT2D eigenvalue weighted by molar-refractivity contribution is 5.69. The van der Waals surface area contributed by atoms with Crippen molar-refractivity contribution in [3.05, 3.63) is 0 Å². The van der Waals surface area contributed by atoms with Crippen molar-refractivity contribution in [3.63, 3.8) is 0 Å². The molecular formula is C36H71NO6. The molecule has 0 fully saturated rings. The lowest BCUT2D eigenvalue weighted by molar-refractivity contribution is -0.143. The summed E-state index contributed by atoms with van der Waals surface area (Å²) in [6, 6.07) is 0. The van der Waals surface area contributed by atoms with Crippen molar-refractivity contribution in [2.45, 2.75) is 181 Å². The van der Waals surface area contributed by atoms with Crippen LogP contribution in [0.1, 0.15) is 175 Å². The maximum Gasteiger partial charge on any atom is 0.508 e. The van der Waals surface area contributed by atoms with E-state index in [9.17, 15) is 9.59 Å². The minimum absolute atomic E-state index is 0.0260. The van der Waals surface area contributed by atoms with E-state index in [1.54, 1.807) is 0 Å². The van der Waals surface area contributed by atoms with Gasteiger partial charge in [-0.25, -0.2) is 4.79 Å². The van der Waals surface area contributed by atoms with Crippen molar-refractivity contribution >= 4 is 12.1 Å². The maximum atomic E-state index is 12.3. The van der Waals surface area contributed by atoms with E-state index in [1.807, 2.05) is 0 Å². The number of nitrogens with one attached hydrogen (secondary N) is 1. The van der Waals surface area contributed by atoms with E-state index in [0.717, 1.165) is 57.8 Å². The van der Waals surface area contributed by atoms with E-state index in [0.29, 0.717) is 45.9 Å². The summed E-state index contributed by atoms with van der Waals surface area (Å²) < 4.78 is 22.0. The Kier molecular flexibility index (Phi) is 34.0. The van der Waals surface area contributed by atoms with Crippen molar-refractivity contribution in [1.29, 1.82) is 0 Å². The van der Waals surface area contributed by atoms with E-state index in [4.69, 9.17) is 18.9 Å². The quantitative estimate of drug-likeness (QED) is 0.0571. The molecular weight excluding hydrogens is 542 g/mol. The lowest BCUT2D eigenvalue weighted by Gasteiger charge is -2.18. The minimum Gasteiger partial charge on any atom is -0.466 e. The number of rotatable bonds is 34. The van der Waals surface area contributed by atoms with Gasteiger partial charge in [-0.05, 0) is 44.9 Å². The van der Waals surface area contributed by atoms with Gasteiger partial charge in [-0.15, -0.1) is 0 Å². The van der Waals surface area contributed by atoms with Crippen LogP contribution in [0.15, 0.2) is 0 Å². The third kappa shape index (κ3) is 33.4. The summed E-state index contributed by atoms with van der Waals surface area (Å²) in [6.07, 6.45) is 26.7. The van der Waals surface area contributed by atoms with Gasteiger partial charge in [-0.3, -0.25) is 4.79 Å². The molecule has 0 saturated carbocycles. The molecule has 0 unspecified atom stereocenters. The summed E-state index contributed by atoms with van der Waals surface area (Å²) in [4.78, 5) is 24.1. The van der Waals surface area contributed by atoms with Crippen LogP contribution in [0.5, 0.6) is 0 Å². The molecule has 0 aromatic heterocycles. The number of hydrogen-bond donors (Lipinski definition) is 1. The normalized spacial score (nSPS) is 11.3. The second kappa shape index (κ2) is 35.1. The lowest BCUT2D eigenvalue weighted by Crippen LogP contribution is -2.26. The van der Waals surface area contributed by atoms with Crippen molar-refractivity contribution in [3.8, 4) is 0 Å². The molecule has 0 saturated heterocycles. The molecule has 0 spiro atoms. The first-order valence-corrected chi connectivity index (χ1v) is 18.4. The average molecular weight is 614 g/mol. The number of carbonyl (C=O) groups excluding carboxylic acids is 2. The Bertz CT molecular complexity index is 572. The van der Waals surface area contributed by atoms with Gasteiger partial charge in [0, 0.05) is 26.1 Å². The van der Waals surface area contributed by atoms with E-state index in [2.05, 4.69) is 26.1 Å². The highest BCUT2D eigenvalue weighted by Gasteiger charge is 2.15. The predicted molar refractivity (Wildman–Crippen MR) is 179 cm³/mol. The summed E-state index contributed by atoms with van der Waals surface area (Å²) in [5.74, 6) is -0.0732. The molecule has 1 N–H and O–H groups in total. The zero-order chi connectivity index (χ0) is 31.5. The van der Waals surface area contributed by atoms with Gasteiger partial charge in [0.25, 0.3) is 0 Å². The molecule has 7 nitrogen and oxygen atoms in total. The third-order valence-corrected chi connectivity index (χ3v) is 7.87. The number of esters is 1. The molecule has 0 aliphatic carbocycles. The van der Waals surface area contributed by atoms with E-state index in [1.165, 1.54) is 89.9 Å². The Balaban J connectivity index is 3.72. The summed E-state index contributed by atoms with van der Waals surface area (Å²) in [5, 5.41) is 3.25. The molecule has 43 heavy (non-hydrogen) atoms. The molecule has 0 heterocycles. The number of carbonyl (C=O) groups is 2. The highest BCUT2D eigenvalue weighted by Crippen LogP contribution is 2.17. The number of unbranched alkanes of at least 4 members (excludes halogenated alkanes) is 17. The van der Waals surface area contributed by atoms with Crippen LogP contribution < -0.4 is 5.32 Å². The van der Waals surface area contributed by atoms with E-state index < -0.39 is 6.16 Å². The average Bonchev–Trinajstić information content (AvgIpc) is 3.00. The van der Waals surface area contributed by atoms with Crippen molar-refractivity contribution in [2.24, 2.45) is 0 Å². The summed E-state index contributed by atoms with van der Waals surface area (Å²) >= 11 is 0. The van der Waals surface area contributed by atoms with Gasteiger partial charge in [-0.2, -0.15) is 0 Å². The van der Waals surface area contributed by atoms with Gasteiger partial charge in [0.1, 0.15) is 12.7 Å². The van der Waals surface area contributed by atoms with Crippen molar-refractivity contribution in [1.82, 2.24) is 5.32 Å². The Morgan fingerprint density at radius 2 is 1.00 bits per heavy atom. The van der Waals surface area contributed by atoms with E-state index in [-0.39, 0.29) is 12.1 Å². The fourth-order valence-electron chi connectivity index (χ4n) is 5.11. The molecule has 0 aromatic rings. The molecule has 0 aromatic carbocycles. The van der Waals surface area contributed by atoms with Crippen LogP contribution in [-0.4, -0.2) is 57.7 Å². The van der Waals surface area contributed by atoms with Gasteiger partial charge in [0.2, 0.25) is 0 Å². The molecule has 0 atom stereocenters. The van der Waals surface area contributed by atoms with Crippen LogP contribution in [-0.2, 0) is 23.7 Å². The van der Waals surface area contributed by atoms with Crippen LogP contribution in [0, 0.1) is 0 Å². The number of ether oxygens (including phenoxy) is 4. The van der Waals surface area contributed by atoms with Crippen LogP contribution >= 0.6 is 0 Å². The van der Waals surface area contributed by atoms with Gasteiger partial charge in [0.15, 0.2) is 0 Å². The van der Waals surface area contributed by atoms with Crippen LogP contribution in [0.25, 0.3) is 0 Å².